The summed E-state index contributed by atoms with van der Waals surface area (Å²) < 4.78 is 13.9. The molecule has 0 atom stereocenters. The fraction of sp³-hybridized carbons (Fsp3) is 0.167. The summed E-state index contributed by atoms with van der Waals surface area (Å²) in [7, 11) is 0. The molecule has 0 spiro atoms. The van der Waals surface area contributed by atoms with Crippen LogP contribution in [0.25, 0.3) is 0 Å². The summed E-state index contributed by atoms with van der Waals surface area (Å²) in [4.78, 5) is 8.37. The van der Waals surface area contributed by atoms with E-state index < -0.39 is 5.82 Å². The lowest BCUT2D eigenvalue weighted by Crippen LogP contribution is -2.04. The van der Waals surface area contributed by atoms with E-state index in [1.807, 2.05) is 6.92 Å². The highest BCUT2D eigenvalue weighted by Crippen LogP contribution is 2.26. The summed E-state index contributed by atoms with van der Waals surface area (Å²) >= 11 is 9.13. The van der Waals surface area contributed by atoms with Crippen LogP contribution in [-0.4, -0.2) is 16.5 Å². The van der Waals surface area contributed by atoms with Gasteiger partial charge in [0.05, 0.1) is 4.47 Å². The van der Waals surface area contributed by atoms with Crippen molar-refractivity contribution in [2.45, 2.75) is 6.92 Å². The first-order chi connectivity index (χ1) is 9.08. The molecule has 2 aromatic rings. The van der Waals surface area contributed by atoms with E-state index in [1.165, 1.54) is 12.1 Å². The van der Waals surface area contributed by atoms with Crippen LogP contribution in [0.3, 0.4) is 0 Å². The van der Waals surface area contributed by atoms with E-state index >= 15 is 0 Å². The molecule has 0 aliphatic carbocycles. The minimum absolute atomic E-state index is 0.319. The molecule has 0 radical (unpaired) electrons. The van der Waals surface area contributed by atoms with E-state index in [9.17, 15) is 4.39 Å². The average molecular weight is 346 g/mol. The van der Waals surface area contributed by atoms with Crippen molar-refractivity contribution < 1.29 is 4.39 Å². The topological polar surface area (TPSA) is 49.8 Å². The highest BCUT2D eigenvalue weighted by molar-refractivity contribution is 9.10. The molecule has 0 saturated carbocycles. The molecular formula is C12H11BrClFN4. The minimum Gasteiger partial charge on any atom is -0.354 e. The minimum atomic E-state index is -0.410. The van der Waals surface area contributed by atoms with E-state index in [2.05, 4.69) is 36.5 Å². The number of hydrogen-bond acceptors (Lipinski definition) is 4. The average Bonchev–Trinajstić information content (AvgIpc) is 2.32. The van der Waals surface area contributed by atoms with Gasteiger partial charge in [0, 0.05) is 23.5 Å². The number of nitrogens with zero attached hydrogens (tertiary/aromatic N) is 2. The second-order valence-corrected chi connectivity index (χ2v) is 4.99. The van der Waals surface area contributed by atoms with E-state index in [4.69, 9.17) is 11.6 Å². The highest BCUT2D eigenvalue weighted by atomic mass is 79.9. The molecule has 0 amide bonds. The van der Waals surface area contributed by atoms with Crippen molar-refractivity contribution in [2.24, 2.45) is 0 Å². The van der Waals surface area contributed by atoms with Crippen molar-refractivity contribution in [3.63, 3.8) is 0 Å². The van der Waals surface area contributed by atoms with Gasteiger partial charge < -0.3 is 10.6 Å². The summed E-state index contributed by atoms with van der Waals surface area (Å²) in [5.41, 5.74) is 0.520. The van der Waals surface area contributed by atoms with Gasteiger partial charge in [0.15, 0.2) is 0 Å². The SMILES string of the molecule is CCNc1ncc(Br)c(Nc2cc(F)cc(Cl)c2)n1. The second-order valence-electron chi connectivity index (χ2n) is 3.70. The smallest absolute Gasteiger partial charge is 0.224 e. The lowest BCUT2D eigenvalue weighted by molar-refractivity contribution is 0.628. The molecule has 19 heavy (non-hydrogen) atoms. The standard InChI is InChI=1S/C12H11BrClFN4/c1-2-16-12-17-6-10(13)11(19-12)18-9-4-7(14)3-8(15)5-9/h3-6H,2H2,1H3,(H2,16,17,18,19). The van der Waals surface area contributed by atoms with Crippen LogP contribution in [0.4, 0.5) is 21.8 Å². The molecule has 2 N–H and O–H groups in total. The van der Waals surface area contributed by atoms with Crippen molar-refractivity contribution in [2.75, 3.05) is 17.2 Å². The first-order valence-electron chi connectivity index (χ1n) is 5.58. The van der Waals surface area contributed by atoms with Crippen LogP contribution in [0.2, 0.25) is 5.02 Å². The Kier molecular flexibility index (Phi) is 4.55. The first kappa shape index (κ1) is 14.0. The van der Waals surface area contributed by atoms with Gasteiger partial charge in [-0.2, -0.15) is 4.98 Å². The van der Waals surface area contributed by atoms with Crippen LogP contribution >= 0.6 is 27.5 Å². The Bertz CT molecular complexity index is 574. The Morgan fingerprint density at radius 3 is 2.84 bits per heavy atom. The number of benzene rings is 1. The van der Waals surface area contributed by atoms with Gasteiger partial charge in [0.25, 0.3) is 0 Å². The van der Waals surface area contributed by atoms with Crippen LogP contribution in [-0.2, 0) is 0 Å². The lowest BCUT2D eigenvalue weighted by Gasteiger charge is -2.10. The third kappa shape index (κ3) is 3.78. The molecule has 2 rings (SSSR count). The summed E-state index contributed by atoms with van der Waals surface area (Å²) in [6, 6.07) is 4.20. The molecule has 4 nitrogen and oxygen atoms in total. The zero-order valence-electron chi connectivity index (χ0n) is 10.0. The number of rotatable bonds is 4. The summed E-state index contributed by atoms with van der Waals surface area (Å²) in [6.45, 7) is 2.66. The Balaban J connectivity index is 2.28. The van der Waals surface area contributed by atoms with Gasteiger partial charge in [-0.25, -0.2) is 9.37 Å². The van der Waals surface area contributed by atoms with E-state index in [1.54, 1.807) is 12.3 Å². The summed E-state index contributed by atoms with van der Waals surface area (Å²) in [5.74, 6) is 0.621. The molecule has 1 aromatic heterocycles. The fourth-order valence-corrected chi connectivity index (χ4v) is 1.97. The van der Waals surface area contributed by atoms with Crippen molar-refractivity contribution in [1.29, 1.82) is 0 Å². The normalized spacial score (nSPS) is 10.3. The van der Waals surface area contributed by atoms with Crippen LogP contribution < -0.4 is 10.6 Å². The number of hydrogen-bond donors (Lipinski definition) is 2. The van der Waals surface area contributed by atoms with Crippen LogP contribution in [0.15, 0.2) is 28.9 Å². The van der Waals surface area contributed by atoms with Gasteiger partial charge in [-0.1, -0.05) is 11.6 Å². The molecule has 1 aromatic carbocycles. The van der Waals surface area contributed by atoms with E-state index in [0.717, 1.165) is 0 Å². The monoisotopic (exact) mass is 344 g/mol. The third-order valence-corrected chi connectivity index (χ3v) is 3.00. The predicted octanol–water partition coefficient (Wildman–Crippen LogP) is 4.21. The molecule has 0 saturated heterocycles. The van der Waals surface area contributed by atoms with Crippen LogP contribution in [0.5, 0.6) is 0 Å². The maximum atomic E-state index is 13.3. The molecule has 0 aliphatic heterocycles. The second kappa shape index (κ2) is 6.16. The maximum absolute atomic E-state index is 13.3. The molecule has 0 fully saturated rings. The van der Waals surface area contributed by atoms with Gasteiger partial charge >= 0.3 is 0 Å². The van der Waals surface area contributed by atoms with Crippen molar-refractivity contribution in [3.05, 3.63) is 39.7 Å². The number of halogens is 3. The fourth-order valence-electron chi connectivity index (χ4n) is 1.46. The van der Waals surface area contributed by atoms with Crippen LogP contribution in [0, 0.1) is 5.82 Å². The summed E-state index contributed by atoms with van der Waals surface area (Å²) in [6.07, 6.45) is 1.62. The number of nitrogens with one attached hydrogen (secondary N) is 2. The zero-order chi connectivity index (χ0) is 13.8. The molecule has 100 valence electrons. The largest absolute Gasteiger partial charge is 0.354 e. The number of aromatic nitrogens is 2. The van der Waals surface area contributed by atoms with Gasteiger partial charge in [-0.3, -0.25) is 0 Å². The van der Waals surface area contributed by atoms with E-state index in [-0.39, 0.29) is 0 Å². The Morgan fingerprint density at radius 2 is 2.16 bits per heavy atom. The zero-order valence-corrected chi connectivity index (χ0v) is 12.4. The first-order valence-corrected chi connectivity index (χ1v) is 6.75. The Morgan fingerprint density at radius 1 is 1.37 bits per heavy atom. The Labute approximate surface area is 123 Å². The lowest BCUT2D eigenvalue weighted by atomic mass is 10.3. The van der Waals surface area contributed by atoms with Gasteiger partial charge in [-0.15, -0.1) is 0 Å². The third-order valence-electron chi connectivity index (χ3n) is 2.20. The van der Waals surface area contributed by atoms with Gasteiger partial charge in [0.2, 0.25) is 5.95 Å². The van der Waals surface area contributed by atoms with Crippen LogP contribution in [0.1, 0.15) is 6.92 Å². The molecular weight excluding hydrogens is 335 g/mol. The highest BCUT2D eigenvalue weighted by Gasteiger charge is 2.06. The van der Waals surface area contributed by atoms with Crippen molar-refractivity contribution in [1.82, 2.24) is 9.97 Å². The molecule has 0 aliphatic rings. The molecule has 0 bridgehead atoms. The van der Waals surface area contributed by atoms with E-state index in [0.29, 0.717) is 33.5 Å². The molecule has 1 heterocycles. The number of anilines is 3. The predicted molar refractivity (Wildman–Crippen MR) is 78.6 cm³/mol. The van der Waals surface area contributed by atoms with Crippen molar-refractivity contribution in [3.8, 4) is 0 Å². The Hall–Kier alpha value is -1.40. The van der Waals surface area contributed by atoms with Crippen molar-refractivity contribution >= 4 is 45.0 Å². The quantitative estimate of drug-likeness (QED) is 0.871. The maximum Gasteiger partial charge on any atom is 0.224 e. The van der Waals surface area contributed by atoms with Gasteiger partial charge in [0.1, 0.15) is 11.6 Å². The molecule has 0 unspecified atom stereocenters. The summed E-state index contributed by atoms with van der Waals surface area (Å²) in [5, 5.41) is 6.31. The molecule has 7 heteroatoms. The van der Waals surface area contributed by atoms with Gasteiger partial charge in [-0.05, 0) is 41.1 Å².